The average Bonchev–Trinajstić information content (AvgIpc) is 2.54. The maximum Gasteiger partial charge on any atom is 0.225 e. The van der Waals surface area contributed by atoms with E-state index in [0.717, 1.165) is 30.6 Å². The summed E-state index contributed by atoms with van der Waals surface area (Å²) in [5, 5.41) is 1.03. The Labute approximate surface area is 101 Å². The SMILES string of the molecule is CC1CC(C(=O)N2CCC(CBr)C2C)C1. The number of carbonyl (C=O) groups excluding carboxylic acids is 1. The lowest BCUT2D eigenvalue weighted by atomic mass is 9.75. The van der Waals surface area contributed by atoms with Crippen molar-refractivity contribution in [2.45, 2.75) is 39.2 Å². The molecule has 0 N–H and O–H groups in total. The third-order valence-corrected chi connectivity index (χ3v) is 4.95. The predicted octanol–water partition coefficient (Wildman–Crippen LogP) is 2.66. The normalized spacial score (nSPS) is 40.3. The number of likely N-dealkylation sites (tertiary alicyclic amines) is 1. The molecule has 1 saturated heterocycles. The highest BCUT2D eigenvalue weighted by atomic mass is 79.9. The van der Waals surface area contributed by atoms with Crippen LogP contribution < -0.4 is 0 Å². The lowest BCUT2D eigenvalue weighted by Gasteiger charge is -2.36. The number of carbonyl (C=O) groups is 1. The molecular formula is C12H20BrNO. The second-order valence-electron chi connectivity index (χ2n) is 5.25. The zero-order valence-electron chi connectivity index (χ0n) is 9.58. The lowest BCUT2D eigenvalue weighted by molar-refractivity contribution is -0.140. The van der Waals surface area contributed by atoms with Crippen LogP contribution in [0.25, 0.3) is 0 Å². The minimum absolute atomic E-state index is 0.344. The van der Waals surface area contributed by atoms with Gasteiger partial charge in [-0.05, 0) is 38.0 Å². The molecule has 0 bridgehead atoms. The molecule has 1 aliphatic carbocycles. The highest BCUT2D eigenvalue weighted by Gasteiger charge is 2.39. The maximum absolute atomic E-state index is 12.2. The molecule has 0 aromatic rings. The molecule has 2 aliphatic rings. The standard InChI is InChI=1S/C12H20BrNO/c1-8-5-11(6-8)12(15)14-4-3-10(7-13)9(14)2/h8-11H,3-7H2,1-2H3. The summed E-state index contributed by atoms with van der Waals surface area (Å²) in [5.41, 5.74) is 0. The van der Waals surface area contributed by atoms with Gasteiger partial charge in [0.2, 0.25) is 5.91 Å². The molecular weight excluding hydrogens is 254 g/mol. The first-order valence-electron chi connectivity index (χ1n) is 6.00. The molecule has 0 radical (unpaired) electrons. The van der Waals surface area contributed by atoms with Crippen molar-refractivity contribution in [2.75, 3.05) is 11.9 Å². The third-order valence-electron chi connectivity index (χ3n) is 4.12. The second kappa shape index (κ2) is 4.44. The van der Waals surface area contributed by atoms with Crippen molar-refractivity contribution >= 4 is 21.8 Å². The molecule has 0 aromatic carbocycles. The fourth-order valence-electron chi connectivity index (χ4n) is 2.86. The summed E-state index contributed by atoms with van der Waals surface area (Å²) >= 11 is 3.53. The largest absolute Gasteiger partial charge is 0.339 e. The summed E-state index contributed by atoms with van der Waals surface area (Å²) in [6, 6.07) is 0.438. The molecule has 15 heavy (non-hydrogen) atoms. The van der Waals surface area contributed by atoms with E-state index in [1.807, 2.05) is 0 Å². The molecule has 1 aliphatic heterocycles. The Morgan fingerprint density at radius 3 is 2.53 bits per heavy atom. The smallest absolute Gasteiger partial charge is 0.225 e. The van der Waals surface area contributed by atoms with Gasteiger partial charge in [-0.2, -0.15) is 0 Å². The van der Waals surface area contributed by atoms with E-state index in [1.54, 1.807) is 0 Å². The first kappa shape index (κ1) is 11.4. The van der Waals surface area contributed by atoms with Crippen molar-refractivity contribution in [3.63, 3.8) is 0 Å². The van der Waals surface area contributed by atoms with Crippen LogP contribution in [0.3, 0.4) is 0 Å². The Morgan fingerprint density at radius 2 is 2.07 bits per heavy atom. The lowest BCUT2D eigenvalue weighted by Crippen LogP contribution is -2.43. The summed E-state index contributed by atoms with van der Waals surface area (Å²) < 4.78 is 0. The van der Waals surface area contributed by atoms with Crippen LogP contribution in [-0.2, 0) is 4.79 Å². The molecule has 1 heterocycles. The van der Waals surface area contributed by atoms with E-state index in [2.05, 4.69) is 34.7 Å². The van der Waals surface area contributed by atoms with Gasteiger partial charge in [0.25, 0.3) is 0 Å². The van der Waals surface area contributed by atoms with Crippen molar-refractivity contribution in [1.29, 1.82) is 0 Å². The molecule has 3 heteroatoms. The molecule has 2 fully saturated rings. The van der Waals surface area contributed by atoms with Gasteiger partial charge in [0.15, 0.2) is 0 Å². The highest BCUT2D eigenvalue weighted by molar-refractivity contribution is 9.09. The molecule has 86 valence electrons. The first-order chi connectivity index (χ1) is 7.13. The maximum atomic E-state index is 12.2. The van der Waals surface area contributed by atoms with Gasteiger partial charge in [0.05, 0.1) is 0 Å². The monoisotopic (exact) mass is 273 g/mol. The molecule has 2 nitrogen and oxygen atoms in total. The van der Waals surface area contributed by atoms with Crippen molar-refractivity contribution < 1.29 is 4.79 Å². The molecule has 0 spiro atoms. The Kier molecular flexibility index (Phi) is 3.39. The highest BCUT2D eigenvalue weighted by Crippen LogP contribution is 2.37. The summed E-state index contributed by atoms with van der Waals surface area (Å²) in [6.45, 7) is 5.40. The van der Waals surface area contributed by atoms with Crippen LogP contribution >= 0.6 is 15.9 Å². The number of hydrogen-bond donors (Lipinski definition) is 0. The predicted molar refractivity (Wildman–Crippen MR) is 65.0 cm³/mol. The summed E-state index contributed by atoms with van der Waals surface area (Å²) in [4.78, 5) is 14.3. The van der Waals surface area contributed by atoms with Gasteiger partial charge in [-0.25, -0.2) is 0 Å². The molecule has 1 saturated carbocycles. The van der Waals surface area contributed by atoms with Gasteiger partial charge in [0, 0.05) is 23.8 Å². The first-order valence-corrected chi connectivity index (χ1v) is 7.12. The van der Waals surface area contributed by atoms with Gasteiger partial charge >= 0.3 is 0 Å². The third kappa shape index (κ3) is 2.08. The Bertz CT molecular complexity index is 250. The van der Waals surface area contributed by atoms with E-state index in [-0.39, 0.29) is 0 Å². The van der Waals surface area contributed by atoms with E-state index in [1.165, 1.54) is 6.42 Å². The zero-order chi connectivity index (χ0) is 11.0. The van der Waals surface area contributed by atoms with Gasteiger partial charge in [-0.15, -0.1) is 0 Å². The van der Waals surface area contributed by atoms with Crippen LogP contribution in [-0.4, -0.2) is 28.7 Å². The van der Waals surface area contributed by atoms with E-state index in [4.69, 9.17) is 0 Å². The Hall–Kier alpha value is -0.0500. The summed E-state index contributed by atoms with van der Waals surface area (Å²) in [5.74, 6) is 2.19. The van der Waals surface area contributed by atoms with Gasteiger partial charge in [-0.3, -0.25) is 4.79 Å². The van der Waals surface area contributed by atoms with E-state index < -0.39 is 0 Å². The molecule has 2 unspecified atom stereocenters. The number of hydrogen-bond acceptors (Lipinski definition) is 1. The topological polar surface area (TPSA) is 20.3 Å². The van der Waals surface area contributed by atoms with Crippen LogP contribution in [0, 0.1) is 17.8 Å². The Balaban J connectivity index is 1.91. The van der Waals surface area contributed by atoms with Crippen LogP contribution in [0.1, 0.15) is 33.1 Å². The number of amides is 1. The summed E-state index contributed by atoms with van der Waals surface area (Å²) in [6.07, 6.45) is 3.39. The van der Waals surface area contributed by atoms with Crippen LogP contribution in [0.15, 0.2) is 0 Å². The number of rotatable bonds is 2. The molecule has 0 aromatic heterocycles. The molecule has 2 atom stereocenters. The summed E-state index contributed by atoms with van der Waals surface area (Å²) in [7, 11) is 0. The minimum Gasteiger partial charge on any atom is -0.339 e. The van der Waals surface area contributed by atoms with Crippen LogP contribution in [0.5, 0.6) is 0 Å². The van der Waals surface area contributed by atoms with E-state index >= 15 is 0 Å². The molecule has 2 rings (SSSR count). The molecule has 1 amide bonds. The second-order valence-corrected chi connectivity index (χ2v) is 5.90. The van der Waals surface area contributed by atoms with Crippen LogP contribution in [0.4, 0.5) is 0 Å². The zero-order valence-corrected chi connectivity index (χ0v) is 11.2. The fourth-order valence-corrected chi connectivity index (χ4v) is 3.72. The van der Waals surface area contributed by atoms with Crippen molar-refractivity contribution in [3.05, 3.63) is 0 Å². The quantitative estimate of drug-likeness (QED) is 0.709. The van der Waals surface area contributed by atoms with Crippen molar-refractivity contribution in [3.8, 4) is 0 Å². The average molecular weight is 274 g/mol. The number of halogens is 1. The van der Waals surface area contributed by atoms with Gasteiger partial charge in [0.1, 0.15) is 0 Å². The van der Waals surface area contributed by atoms with E-state index in [0.29, 0.717) is 23.8 Å². The van der Waals surface area contributed by atoms with E-state index in [9.17, 15) is 4.79 Å². The minimum atomic E-state index is 0.344. The van der Waals surface area contributed by atoms with Crippen LogP contribution in [0.2, 0.25) is 0 Å². The van der Waals surface area contributed by atoms with Crippen molar-refractivity contribution in [2.24, 2.45) is 17.8 Å². The Morgan fingerprint density at radius 1 is 1.40 bits per heavy atom. The van der Waals surface area contributed by atoms with Crippen molar-refractivity contribution in [1.82, 2.24) is 4.90 Å². The number of alkyl halides is 1. The fraction of sp³-hybridized carbons (Fsp3) is 0.917. The van der Waals surface area contributed by atoms with Gasteiger partial charge < -0.3 is 4.90 Å². The number of nitrogens with zero attached hydrogens (tertiary/aromatic N) is 1. The van der Waals surface area contributed by atoms with Gasteiger partial charge in [-0.1, -0.05) is 22.9 Å².